The van der Waals surface area contributed by atoms with E-state index in [0.29, 0.717) is 6.04 Å². The third-order valence-electron chi connectivity index (χ3n) is 4.13. The second-order valence-electron chi connectivity index (χ2n) is 5.91. The van der Waals surface area contributed by atoms with Crippen molar-refractivity contribution in [1.29, 1.82) is 0 Å². The molecule has 0 amide bonds. The molecule has 2 heteroatoms. The molecule has 1 aliphatic carbocycles. The summed E-state index contributed by atoms with van der Waals surface area (Å²) in [5, 5.41) is 13.1. The Morgan fingerprint density at radius 3 is 2.44 bits per heavy atom. The fourth-order valence-electron chi connectivity index (χ4n) is 2.75. The lowest BCUT2D eigenvalue weighted by Crippen LogP contribution is -2.49. The van der Waals surface area contributed by atoms with Crippen LogP contribution in [0.1, 0.15) is 32.3 Å². The molecule has 1 atom stereocenters. The van der Waals surface area contributed by atoms with E-state index in [-0.39, 0.29) is 12.6 Å². The Bertz CT molecular complexity index is 343. The van der Waals surface area contributed by atoms with E-state index in [1.54, 1.807) is 0 Å². The highest BCUT2D eigenvalue weighted by Crippen LogP contribution is 2.33. The van der Waals surface area contributed by atoms with Crippen LogP contribution in [0.15, 0.2) is 30.3 Å². The van der Waals surface area contributed by atoms with Gasteiger partial charge in [-0.2, -0.15) is 0 Å². The highest BCUT2D eigenvalue weighted by Gasteiger charge is 2.32. The van der Waals surface area contributed by atoms with Gasteiger partial charge in [-0.05, 0) is 36.7 Å². The van der Waals surface area contributed by atoms with E-state index in [0.717, 1.165) is 18.3 Å². The molecule has 1 aromatic carbocycles. The first-order valence-electron chi connectivity index (χ1n) is 7.10. The smallest absolute Gasteiger partial charge is 0.0587 e. The van der Waals surface area contributed by atoms with Crippen LogP contribution < -0.4 is 5.32 Å². The van der Waals surface area contributed by atoms with E-state index in [2.05, 4.69) is 43.4 Å². The van der Waals surface area contributed by atoms with Crippen LogP contribution in [0.3, 0.4) is 0 Å². The molecule has 0 heterocycles. The van der Waals surface area contributed by atoms with Gasteiger partial charge in [-0.25, -0.2) is 0 Å². The van der Waals surface area contributed by atoms with Crippen molar-refractivity contribution in [3.05, 3.63) is 35.9 Å². The van der Waals surface area contributed by atoms with Crippen LogP contribution in [-0.2, 0) is 6.42 Å². The molecular weight excluding hydrogens is 222 g/mol. The van der Waals surface area contributed by atoms with E-state index in [4.69, 9.17) is 0 Å². The first kappa shape index (κ1) is 13.6. The summed E-state index contributed by atoms with van der Waals surface area (Å²) in [6.45, 7) is 4.82. The molecule has 0 radical (unpaired) electrons. The Hall–Kier alpha value is -0.860. The van der Waals surface area contributed by atoms with Gasteiger partial charge in [0.2, 0.25) is 0 Å². The van der Waals surface area contributed by atoms with E-state index in [1.165, 1.54) is 18.4 Å². The maximum absolute atomic E-state index is 9.47. The molecule has 100 valence electrons. The fraction of sp³-hybridized carbons (Fsp3) is 0.625. The summed E-state index contributed by atoms with van der Waals surface area (Å²) in [6.07, 6.45) is 3.45. The zero-order valence-corrected chi connectivity index (χ0v) is 11.5. The third-order valence-corrected chi connectivity index (χ3v) is 4.13. The monoisotopic (exact) mass is 247 g/mol. The predicted molar refractivity (Wildman–Crippen MR) is 75.5 cm³/mol. The van der Waals surface area contributed by atoms with E-state index >= 15 is 0 Å². The SMILES string of the molecule is CC(C)C1CC(NC(CO)Cc2ccccc2)C1. The van der Waals surface area contributed by atoms with Gasteiger partial charge in [-0.1, -0.05) is 44.2 Å². The summed E-state index contributed by atoms with van der Waals surface area (Å²) < 4.78 is 0. The Balaban J connectivity index is 1.77. The standard InChI is InChI=1S/C16H25NO/c1-12(2)14-9-15(10-14)17-16(11-18)8-13-6-4-3-5-7-13/h3-7,12,14-18H,8-11H2,1-2H3. The van der Waals surface area contributed by atoms with Gasteiger partial charge in [-0.15, -0.1) is 0 Å². The molecule has 2 nitrogen and oxygen atoms in total. The molecule has 18 heavy (non-hydrogen) atoms. The maximum atomic E-state index is 9.47. The lowest BCUT2D eigenvalue weighted by Gasteiger charge is -2.40. The van der Waals surface area contributed by atoms with Crippen LogP contribution in [0.2, 0.25) is 0 Å². The zero-order chi connectivity index (χ0) is 13.0. The zero-order valence-electron chi connectivity index (χ0n) is 11.5. The minimum absolute atomic E-state index is 0.200. The number of nitrogens with one attached hydrogen (secondary N) is 1. The van der Waals surface area contributed by atoms with Crippen LogP contribution in [-0.4, -0.2) is 23.8 Å². The average Bonchev–Trinajstić information content (AvgIpc) is 2.32. The van der Waals surface area contributed by atoms with Crippen LogP contribution in [0.4, 0.5) is 0 Å². The Kier molecular flexibility index (Phi) is 4.79. The van der Waals surface area contributed by atoms with Gasteiger partial charge in [-0.3, -0.25) is 0 Å². The normalized spacial score (nSPS) is 24.9. The second kappa shape index (κ2) is 6.35. The second-order valence-corrected chi connectivity index (χ2v) is 5.91. The molecule has 2 rings (SSSR count). The number of hydrogen-bond acceptors (Lipinski definition) is 2. The van der Waals surface area contributed by atoms with Gasteiger partial charge in [0.05, 0.1) is 6.61 Å². The van der Waals surface area contributed by atoms with Crippen LogP contribution in [0.25, 0.3) is 0 Å². The summed E-state index contributed by atoms with van der Waals surface area (Å²) in [6, 6.07) is 11.2. The summed E-state index contributed by atoms with van der Waals surface area (Å²) in [5.41, 5.74) is 1.30. The summed E-state index contributed by atoms with van der Waals surface area (Å²) in [7, 11) is 0. The largest absolute Gasteiger partial charge is 0.395 e. The molecular formula is C16H25NO. The van der Waals surface area contributed by atoms with Gasteiger partial charge in [0, 0.05) is 12.1 Å². The van der Waals surface area contributed by atoms with Crippen molar-refractivity contribution < 1.29 is 5.11 Å². The molecule has 1 unspecified atom stereocenters. The molecule has 1 aromatic rings. The van der Waals surface area contributed by atoms with Gasteiger partial charge in [0.15, 0.2) is 0 Å². The molecule has 1 saturated carbocycles. The number of hydrogen-bond donors (Lipinski definition) is 2. The Morgan fingerprint density at radius 1 is 1.22 bits per heavy atom. The lowest BCUT2D eigenvalue weighted by atomic mass is 9.73. The molecule has 1 fully saturated rings. The van der Waals surface area contributed by atoms with Gasteiger partial charge in [0.1, 0.15) is 0 Å². The highest BCUT2D eigenvalue weighted by atomic mass is 16.3. The van der Waals surface area contributed by atoms with Crippen molar-refractivity contribution in [1.82, 2.24) is 5.32 Å². The number of benzene rings is 1. The highest BCUT2D eigenvalue weighted by molar-refractivity contribution is 5.16. The Labute approximate surface area is 110 Å². The summed E-state index contributed by atoms with van der Waals surface area (Å²) >= 11 is 0. The topological polar surface area (TPSA) is 32.3 Å². The molecule has 0 spiro atoms. The van der Waals surface area contributed by atoms with Crippen molar-refractivity contribution in [2.24, 2.45) is 11.8 Å². The fourth-order valence-corrected chi connectivity index (χ4v) is 2.75. The molecule has 0 saturated heterocycles. The minimum Gasteiger partial charge on any atom is -0.395 e. The van der Waals surface area contributed by atoms with Crippen molar-refractivity contribution in [2.75, 3.05) is 6.61 Å². The molecule has 0 bridgehead atoms. The quantitative estimate of drug-likeness (QED) is 0.810. The maximum Gasteiger partial charge on any atom is 0.0587 e. The van der Waals surface area contributed by atoms with Crippen molar-refractivity contribution in [2.45, 2.75) is 45.2 Å². The van der Waals surface area contributed by atoms with E-state index in [1.807, 2.05) is 6.07 Å². The minimum atomic E-state index is 0.200. The molecule has 1 aliphatic rings. The van der Waals surface area contributed by atoms with Crippen LogP contribution >= 0.6 is 0 Å². The van der Waals surface area contributed by atoms with Crippen molar-refractivity contribution >= 4 is 0 Å². The average molecular weight is 247 g/mol. The van der Waals surface area contributed by atoms with Crippen molar-refractivity contribution in [3.8, 4) is 0 Å². The molecule has 0 aromatic heterocycles. The predicted octanol–water partition coefficient (Wildman–Crippen LogP) is 2.61. The van der Waals surface area contributed by atoms with E-state index in [9.17, 15) is 5.11 Å². The first-order chi connectivity index (χ1) is 8.69. The van der Waals surface area contributed by atoms with Crippen LogP contribution in [0.5, 0.6) is 0 Å². The van der Waals surface area contributed by atoms with E-state index < -0.39 is 0 Å². The van der Waals surface area contributed by atoms with Gasteiger partial charge < -0.3 is 10.4 Å². The first-order valence-corrected chi connectivity index (χ1v) is 7.10. The number of rotatable bonds is 6. The summed E-state index contributed by atoms with van der Waals surface area (Å²) in [5.74, 6) is 1.67. The van der Waals surface area contributed by atoms with Gasteiger partial charge >= 0.3 is 0 Å². The third kappa shape index (κ3) is 3.56. The lowest BCUT2D eigenvalue weighted by molar-refractivity contribution is 0.137. The Morgan fingerprint density at radius 2 is 1.89 bits per heavy atom. The van der Waals surface area contributed by atoms with Crippen LogP contribution in [0, 0.1) is 11.8 Å². The van der Waals surface area contributed by atoms with Gasteiger partial charge in [0.25, 0.3) is 0 Å². The number of aliphatic hydroxyl groups is 1. The molecule has 0 aliphatic heterocycles. The number of aliphatic hydroxyl groups excluding tert-OH is 1. The molecule has 2 N–H and O–H groups in total. The summed E-state index contributed by atoms with van der Waals surface area (Å²) in [4.78, 5) is 0. The van der Waals surface area contributed by atoms with Crippen molar-refractivity contribution in [3.63, 3.8) is 0 Å².